The molecular weight excluding hydrogens is 396 g/mol. The molecule has 0 N–H and O–H groups in total. The minimum atomic E-state index is -0.494. The molecule has 0 aromatic carbocycles. The number of esters is 1. The summed E-state index contributed by atoms with van der Waals surface area (Å²) in [6, 6.07) is 1.90. The van der Waals surface area contributed by atoms with Crippen molar-refractivity contribution < 1.29 is 19.1 Å². The van der Waals surface area contributed by atoms with E-state index >= 15 is 0 Å². The van der Waals surface area contributed by atoms with Crippen LogP contribution < -0.4 is 0 Å². The molecule has 2 aromatic heterocycles. The van der Waals surface area contributed by atoms with E-state index in [1.54, 1.807) is 23.4 Å². The first-order chi connectivity index (χ1) is 14.7. The molecule has 2 aromatic rings. The zero-order valence-corrected chi connectivity index (χ0v) is 19.1. The van der Waals surface area contributed by atoms with Crippen molar-refractivity contribution >= 4 is 12.1 Å². The zero-order chi connectivity index (χ0) is 22.6. The Labute approximate surface area is 183 Å². The Bertz CT molecular complexity index is 932. The van der Waals surface area contributed by atoms with Gasteiger partial charge in [0.05, 0.1) is 24.9 Å². The summed E-state index contributed by atoms with van der Waals surface area (Å²) in [5.74, 6) is -0.367. The molecule has 1 atom stereocenters. The van der Waals surface area contributed by atoms with E-state index in [9.17, 15) is 9.59 Å². The summed E-state index contributed by atoms with van der Waals surface area (Å²) < 4.78 is 12.5. The molecule has 1 saturated heterocycles. The number of ether oxygens (including phenoxy) is 2. The summed E-state index contributed by atoms with van der Waals surface area (Å²) in [6.45, 7) is 9.03. The average Bonchev–Trinajstić information content (AvgIpc) is 2.92. The fourth-order valence-electron chi connectivity index (χ4n) is 3.92. The molecule has 31 heavy (non-hydrogen) atoms. The highest BCUT2D eigenvalue weighted by molar-refractivity contribution is 5.90. The number of nitrogens with zero attached hydrogens (tertiary/aromatic N) is 4. The van der Waals surface area contributed by atoms with Crippen molar-refractivity contribution in [3.63, 3.8) is 0 Å². The minimum absolute atomic E-state index is 0.218. The summed E-state index contributed by atoms with van der Waals surface area (Å²) in [4.78, 5) is 30.5. The molecule has 0 saturated carbocycles. The summed E-state index contributed by atoms with van der Waals surface area (Å²) in [5.41, 5.74) is 2.95. The van der Waals surface area contributed by atoms with Crippen molar-refractivity contribution in [1.82, 2.24) is 19.7 Å². The van der Waals surface area contributed by atoms with Crippen LogP contribution in [0.1, 0.15) is 73.3 Å². The second kappa shape index (κ2) is 9.49. The molecule has 168 valence electrons. The molecule has 3 heterocycles. The van der Waals surface area contributed by atoms with Crippen LogP contribution in [0.15, 0.2) is 24.7 Å². The van der Waals surface area contributed by atoms with E-state index in [1.165, 1.54) is 7.11 Å². The minimum Gasteiger partial charge on any atom is -0.465 e. The number of aromatic nitrogens is 3. The van der Waals surface area contributed by atoms with E-state index < -0.39 is 5.60 Å². The van der Waals surface area contributed by atoms with Gasteiger partial charge in [-0.15, -0.1) is 0 Å². The van der Waals surface area contributed by atoms with E-state index in [4.69, 9.17) is 9.47 Å². The lowest BCUT2D eigenvalue weighted by Crippen LogP contribution is -2.37. The summed E-state index contributed by atoms with van der Waals surface area (Å²) in [5, 5.41) is 4.65. The lowest BCUT2D eigenvalue weighted by atomic mass is 10.0. The fraction of sp³-hybridized carbons (Fsp3) is 0.565. The molecule has 3 rings (SSSR count). The van der Waals surface area contributed by atoms with Crippen molar-refractivity contribution in [1.29, 1.82) is 0 Å². The van der Waals surface area contributed by atoms with Crippen LogP contribution >= 0.6 is 0 Å². The number of carbonyl (C=O) groups is 2. The first-order valence-corrected chi connectivity index (χ1v) is 10.7. The first-order valence-electron chi connectivity index (χ1n) is 10.7. The van der Waals surface area contributed by atoms with Gasteiger partial charge in [-0.25, -0.2) is 9.59 Å². The summed E-state index contributed by atoms with van der Waals surface area (Å²) >= 11 is 0. The second-order valence-corrected chi connectivity index (χ2v) is 8.95. The first kappa shape index (κ1) is 22.8. The van der Waals surface area contributed by atoms with E-state index in [2.05, 4.69) is 14.8 Å². The number of likely N-dealkylation sites (tertiary alicyclic amines) is 1. The van der Waals surface area contributed by atoms with Gasteiger partial charge in [0.2, 0.25) is 0 Å². The monoisotopic (exact) mass is 428 g/mol. The van der Waals surface area contributed by atoms with E-state index in [0.717, 1.165) is 36.1 Å². The number of hydrogen-bond acceptors (Lipinski definition) is 6. The maximum Gasteiger partial charge on any atom is 0.410 e. The Morgan fingerprint density at radius 3 is 2.65 bits per heavy atom. The van der Waals surface area contributed by atoms with Gasteiger partial charge in [-0.1, -0.05) is 0 Å². The molecule has 1 fully saturated rings. The van der Waals surface area contributed by atoms with Crippen LogP contribution in [0.4, 0.5) is 4.79 Å². The Morgan fingerprint density at radius 2 is 1.94 bits per heavy atom. The molecule has 0 aliphatic carbocycles. The van der Waals surface area contributed by atoms with E-state index in [0.29, 0.717) is 25.1 Å². The Balaban J connectivity index is 1.71. The van der Waals surface area contributed by atoms with Gasteiger partial charge in [0, 0.05) is 37.6 Å². The smallest absolute Gasteiger partial charge is 0.410 e. The Morgan fingerprint density at radius 1 is 1.16 bits per heavy atom. The van der Waals surface area contributed by atoms with Gasteiger partial charge in [0.15, 0.2) is 0 Å². The highest BCUT2D eigenvalue weighted by atomic mass is 16.6. The standard InChI is InChI=1S/C23H32N4O4/c1-16-17(13-18-14-24-10-8-20(18)21(28)30-5)15-25-27(16)19-7-6-11-26(12-9-19)22(29)31-23(2,3)4/h8,10,14-15,19H,6-7,9,11-13H2,1-5H3/t19-/m1/s1. The van der Waals surface area contributed by atoms with Crippen LogP contribution in [-0.2, 0) is 15.9 Å². The maximum absolute atomic E-state index is 12.4. The summed E-state index contributed by atoms with van der Waals surface area (Å²) in [7, 11) is 1.38. The topological polar surface area (TPSA) is 86.5 Å². The number of pyridine rings is 1. The molecule has 1 aliphatic heterocycles. The lowest BCUT2D eigenvalue weighted by molar-refractivity contribution is 0.0255. The molecule has 0 spiro atoms. The van der Waals surface area contributed by atoms with Gasteiger partial charge < -0.3 is 14.4 Å². The molecule has 0 unspecified atom stereocenters. The number of amides is 1. The molecule has 1 amide bonds. The predicted molar refractivity (Wildman–Crippen MR) is 116 cm³/mol. The highest BCUT2D eigenvalue weighted by Crippen LogP contribution is 2.27. The third-order valence-corrected chi connectivity index (χ3v) is 5.53. The number of rotatable bonds is 4. The maximum atomic E-state index is 12.4. The number of carbonyl (C=O) groups excluding carboxylic acids is 2. The van der Waals surface area contributed by atoms with Crippen LogP contribution in [0.5, 0.6) is 0 Å². The van der Waals surface area contributed by atoms with Crippen LogP contribution in [0.2, 0.25) is 0 Å². The third kappa shape index (κ3) is 5.62. The van der Waals surface area contributed by atoms with Crippen LogP contribution in [0.25, 0.3) is 0 Å². The van der Waals surface area contributed by atoms with Crippen molar-refractivity contribution in [3.8, 4) is 0 Å². The van der Waals surface area contributed by atoms with E-state index in [1.807, 2.05) is 33.9 Å². The predicted octanol–water partition coefficient (Wildman–Crippen LogP) is 3.93. The van der Waals surface area contributed by atoms with Gasteiger partial charge in [-0.3, -0.25) is 9.67 Å². The number of hydrogen-bond donors (Lipinski definition) is 0. The second-order valence-electron chi connectivity index (χ2n) is 8.95. The van der Waals surface area contributed by atoms with Crippen LogP contribution in [0.3, 0.4) is 0 Å². The lowest BCUT2D eigenvalue weighted by Gasteiger charge is -2.26. The molecule has 0 bridgehead atoms. The molecular formula is C23H32N4O4. The van der Waals surface area contributed by atoms with Gasteiger partial charge in [-0.2, -0.15) is 5.10 Å². The van der Waals surface area contributed by atoms with Gasteiger partial charge >= 0.3 is 12.1 Å². The van der Waals surface area contributed by atoms with Crippen molar-refractivity contribution in [2.75, 3.05) is 20.2 Å². The van der Waals surface area contributed by atoms with E-state index in [-0.39, 0.29) is 18.1 Å². The molecule has 8 nitrogen and oxygen atoms in total. The summed E-state index contributed by atoms with van der Waals surface area (Å²) in [6.07, 6.45) is 8.12. The average molecular weight is 429 g/mol. The van der Waals surface area contributed by atoms with Crippen LogP contribution in [0, 0.1) is 6.92 Å². The molecule has 0 radical (unpaired) electrons. The Kier molecular flexibility index (Phi) is 6.97. The molecule has 8 heteroatoms. The normalized spacial score (nSPS) is 17.2. The van der Waals surface area contributed by atoms with Gasteiger partial charge in [0.1, 0.15) is 5.60 Å². The van der Waals surface area contributed by atoms with Gasteiger partial charge in [0.25, 0.3) is 0 Å². The zero-order valence-electron chi connectivity index (χ0n) is 19.1. The largest absolute Gasteiger partial charge is 0.465 e. The van der Waals surface area contributed by atoms with Gasteiger partial charge in [-0.05, 0) is 64.2 Å². The highest BCUT2D eigenvalue weighted by Gasteiger charge is 2.27. The quantitative estimate of drug-likeness (QED) is 0.686. The molecule has 1 aliphatic rings. The number of methoxy groups -OCH3 is 1. The SMILES string of the molecule is COC(=O)c1ccncc1Cc1cnn([C@@H]2CCCN(C(=O)OC(C)(C)C)CC2)c1C. The fourth-order valence-corrected chi connectivity index (χ4v) is 3.92. The Hall–Kier alpha value is -2.90. The van der Waals surface area contributed by atoms with Crippen molar-refractivity contribution in [2.45, 2.75) is 65.0 Å². The van der Waals surface area contributed by atoms with Crippen molar-refractivity contribution in [3.05, 3.63) is 47.0 Å². The third-order valence-electron chi connectivity index (χ3n) is 5.53. The van der Waals surface area contributed by atoms with Crippen molar-refractivity contribution in [2.24, 2.45) is 0 Å². The van der Waals surface area contributed by atoms with Crippen LogP contribution in [-0.4, -0.2) is 57.5 Å².